The molecule has 0 saturated heterocycles. The van der Waals surface area contributed by atoms with Crippen LogP contribution < -0.4 is 0 Å². The van der Waals surface area contributed by atoms with E-state index in [0.717, 1.165) is 96.3 Å². The van der Waals surface area contributed by atoms with Crippen LogP contribution in [0.2, 0.25) is 0 Å². The van der Waals surface area contributed by atoms with Gasteiger partial charge in [0.2, 0.25) is 0 Å². The van der Waals surface area contributed by atoms with Crippen molar-refractivity contribution < 1.29 is 28.6 Å². The van der Waals surface area contributed by atoms with E-state index >= 15 is 0 Å². The van der Waals surface area contributed by atoms with E-state index in [1.807, 2.05) is 6.08 Å². The molecule has 0 N–H and O–H groups in total. The van der Waals surface area contributed by atoms with Crippen LogP contribution in [0.5, 0.6) is 0 Å². The van der Waals surface area contributed by atoms with Gasteiger partial charge in [-0.05, 0) is 83.5 Å². The van der Waals surface area contributed by atoms with Crippen molar-refractivity contribution in [2.75, 3.05) is 13.2 Å². The highest BCUT2D eigenvalue weighted by Crippen LogP contribution is 2.13. The summed E-state index contributed by atoms with van der Waals surface area (Å²) in [7, 11) is 0. The zero-order valence-electron chi connectivity index (χ0n) is 41.5. The molecular formula is C58H96O6. The third-order valence-corrected chi connectivity index (χ3v) is 10.9. The van der Waals surface area contributed by atoms with Gasteiger partial charge in [0, 0.05) is 19.3 Å². The Kier molecular flexibility index (Phi) is 49.0. The molecule has 64 heavy (non-hydrogen) atoms. The summed E-state index contributed by atoms with van der Waals surface area (Å²) in [6.45, 7) is 6.40. The molecule has 0 aliphatic rings. The molecule has 0 aromatic carbocycles. The molecule has 0 bridgehead atoms. The van der Waals surface area contributed by atoms with Gasteiger partial charge in [0.05, 0.1) is 0 Å². The van der Waals surface area contributed by atoms with Gasteiger partial charge in [0.25, 0.3) is 0 Å². The third kappa shape index (κ3) is 49.3. The minimum Gasteiger partial charge on any atom is -0.462 e. The first-order chi connectivity index (χ1) is 31.5. The van der Waals surface area contributed by atoms with Gasteiger partial charge in [-0.15, -0.1) is 0 Å². The largest absolute Gasteiger partial charge is 0.462 e. The lowest BCUT2D eigenvalue weighted by molar-refractivity contribution is -0.166. The Morgan fingerprint density at radius 1 is 0.344 bits per heavy atom. The molecule has 1 atom stereocenters. The fourth-order valence-electron chi connectivity index (χ4n) is 6.97. The molecule has 0 saturated carbocycles. The van der Waals surface area contributed by atoms with Crippen molar-refractivity contribution in [1.29, 1.82) is 0 Å². The van der Waals surface area contributed by atoms with Crippen molar-refractivity contribution in [1.82, 2.24) is 0 Å². The van der Waals surface area contributed by atoms with Gasteiger partial charge >= 0.3 is 17.9 Å². The SMILES string of the molecule is CC/C=C/C=C/C=C/CCCCCCCCCC(=O)OC(COC(=O)CC/C=C/C/C=C/CCCCCCCC)COC(=O)CCCCCCC/C=C/C=C/C=C/CCCCCCC. The Morgan fingerprint density at radius 3 is 1.16 bits per heavy atom. The number of carbonyl (C=O) groups is 3. The van der Waals surface area contributed by atoms with E-state index in [1.54, 1.807) is 0 Å². The molecular weight excluding hydrogens is 793 g/mol. The molecule has 6 heteroatoms. The lowest BCUT2D eigenvalue weighted by Gasteiger charge is -2.18. The van der Waals surface area contributed by atoms with Crippen molar-refractivity contribution in [3.8, 4) is 0 Å². The summed E-state index contributed by atoms with van der Waals surface area (Å²) in [5.74, 6) is -1.01. The Labute approximate surface area is 394 Å². The normalized spacial score (nSPS) is 12.9. The highest BCUT2D eigenvalue weighted by atomic mass is 16.6. The predicted molar refractivity (Wildman–Crippen MR) is 274 cm³/mol. The number of hydrogen-bond donors (Lipinski definition) is 0. The maximum Gasteiger partial charge on any atom is 0.306 e. The summed E-state index contributed by atoms with van der Waals surface area (Å²) < 4.78 is 16.7. The topological polar surface area (TPSA) is 78.9 Å². The zero-order chi connectivity index (χ0) is 46.5. The van der Waals surface area contributed by atoms with Gasteiger partial charge in [-0.25, -0.2) is 0 Å². The summed E-state index contributed by atoms with van der Waals surface area (Å²) in [5.41, 5.74) is 0. The van der Waals surface area contributed by atoms with E-state index in [1.165, 1.54) is 89.9 Å². The second-order valence-corrected chi connectivity index (χ2v) is 17.2. The van der Waals surface area contributed by atoms with Crippen molar-refractivity contribution in [3.05, 3.63) is 97.2 Å². The number of esters is 3. The molecule has 364 valence electrons. The molecule has 0 radical (unpaired) electrons. The molecule has 1 unspecified atom stereocenters. The molecule has 0 rings (SSSR count). The van der Waals surface area contributed by atoms with Gasteiger partial charge in [0.15, 0.2) is 6.10 Å². The Hall–Kier alpha value is -3.67. The van der Waals surface area contributed by atoms with Crippen LogP contribution in [0.15, 0.2) is 97.2 Å². The summed E-state index contributed by atoms with van der Waals surface area (Å²) in [5, 5.41) is 0. The van der Waals surface area contributed by atoms with E-state index in [4.69, 9.17) is 14.2 Å². The van der Waals surface area contributed by atoms with Crippen molar-refractivity contribution in [3.63, 3.8) is 0 Å². The Bertz CT molecular complexity index is 1300. The fraction of sp³-hybridized carbons (Fsp3) is 0.672. The van der Waals surface area contributed by atoms with Crippen LogP contribution in [-0.2, 0) is 28.6 Å². The first-order valence-corrected chi connectivity index (χ1v) is 26.3. The fourth-order valence-corrected chi connectivity index (χ4v) is 6.97. The van der Waals surface area contributed by atoms with E-state index < -0.39 is 6.10 Å². The summed E-state index contributed by atoms with van der Waals surface area (Å²) in [4.78, 5) is 38.0. The van der Waals surface area contributed by atoms with Crippen LogP contribution in [0, 0.1) is 0 Å². The van der Waals surface area contributed by atoms with Gasteiger partial charge in [-0.3, -0.25) is 14.4 Å². The lowest BCUT2D eigenvalue weighted by atomic mass is 10.1. The van der Waals surface area contributed by atoms with Crippen molar-refractivity contribution in [2.45, 2.75) is 239 Å². The summed E-state index contributed by atoms with van der Waals surface area (Å²) >= 11 is 0. The predicted octanol–water partition coefficient (Wildman–Crippen LogP) is 17.4. The Morgan fingerprint density at radius 2 is 0.703 bits per heavy atom. The van der Waals surface area contributed by atoms with E-state index in [2.05, 4.69) is 112 Å². The molecule has 0 heterocycles. The number of hydrogen-bond acceptors (Lipinski definition) is 6. The average Bonchev–Trinajstić information content (AvgIpc) is 3.29. The smallest absolute Gasteiger partial charge is 0.306 e. The minimum atomic E-state index is -0.815. The highest BCUT2D eigenvalue weighted by Gasteiger charge is 2.19. The molecule has 0 aliphatic heterocycles. The van der Waals surface area contributed by atoms with Crippen molar-refractivity contribution in [2.24, 2.45) is 0 Å². The highest BCUT2D eigenvalue weighted by molar-refractivity contribution is 5.71. The van der Waals surface area contributed by atoms with Crippen LogP contribution in [0.4, 0.5) is 0 Å². The standard InChI is InChI=1S/C58H96O6/c1-4-7-10-13-16-19-22-25-27-28-29-31-33-36-39-42-45-48-51-57(60)63-54-55(53-62-56(59)50-47-44-41-38-35-32-24-21-18-15-12-9-6-3)64-58(61)52-49-46-43-40-37-34-30-26-23-20-17-14-11-8-5-2/h8,11,14,17,20,22-23,25,27-29,31-32,35,41,44,55H,4-7,9-10,12-13,15-16,18-19,21,24,26,30,33-34,36-40,42-43,45-54H2,1-3H3/b11-8+,17-14+,23-20+,25-22+,28-27+,31-29+,35-32+,44-41+. The monoisotopic (exact) mass is 889 g/mol. The molecule has 0 spiro atoms. The minimum absolute atomic E-state index is 0.111. The molecule has 0 aromatic rings. The number of ether oxygens (including phenoxy) is 3. The second-order valence-electron chi connectivity index (χ2n) is 17.2. The number of allylic oxidation sites excluding steroid dienone is 16. The van der Waals surface area contributed by atoms with Crippen LogP contribution in [0.3, 0.4) is 0 Å². The molecule has 0 amide bonds. The van der Waals surface area contributed by atoms with E-state index in [9.17, 15) is 14.4 Å². The molecule has 0 aliphatic carbocycles. The van der Waals surface area contributed by atoms with Gasteiger partial charge < -0.3 is 14.2 Å². The number of unbranched alkanes of at least 4 members (excludes halogenated alkanes) is 23. The quantitative estimate of drug-likeness (QED) is 0.0199. The molecule has 6 nitrogen and oxygen atoms in total. The van der Waals surface area contributed by atoms with E-state index in [-0.39, 0.29) is 37.5 Å². The maximum absolute atomic E-state index is 12.8. The van der Waals surface area contributed by atoms with Crippen molar-refractivity contribution >= 4 is 17.9 Å². The van der Waals surface area contributed by atoms with Crippen LogP contribution in [0.1, 0.15) is 233 Å². The first kappa shape index (κ1) is 60.3. The van der Waals surface area contributed by atoms with E-state index in [0.29, 0.717) is 19.3 Å². The third-order valence-electron chi connectivity index (χ3n) is 10.9. The Balaban J connectivity index is 4.50. The van der Waals surface area contributed by atoms with Gasteiger partial charge in [-0.1, -0.05) is 227 Å². The first-order valence-electron chi connectivity index (χ1n) is 26.3. The summed E-state index contributed by atoms with van der Waals surface area (Å²) in [6.07, 6.45) is 68.3. The summed E-state index contributed by atoms with van der Waals surface area (Å²) in [6, 6.07) is 0. The van der Waals surface area contributed by atoms with Gasteiger partial charge in [0.1, 0.15) is 13.2 Å². The number of rotatable bonds is 46. The van der Waals surface area contributed by atoms with Gasteiger partial charge in [-0.2, -0.15) is 0 Å². The van der Waals surface area contributed by atoms with Crippen LogP contribution in [0.25, 0.3) is 0 Å². The average molecular weight is 889 g/mol. The lowest BCUT2D eigenvalue weighted by Crippen LogP contribution is -2.30. The van der Waals surface area contributed by atoms with Crippen LogP contribution in [-0.4, -0.2) is 37.2 Å². The maximum atomic E-state index is 12.8. The second kappa shape index (κ2) is 52.0. The van der Waals surface area contributed by atoms with Crippen LogP contribution >= 0.6 is 0 Å². The molecule has 0 fully saturated rings. The molecule has 0 aromatic heterocycles. The zero-order valence-corrected chi connectivity index (χ0v) is 41.5. The number of carbonyl (C=O) groups excluding carboxylic acids is 3.